The molecule has 0 amide bonds. The summed E-state index contributed by atoms with van der Waals surface area (Å²) in [5, 5.41) is 5.11. The van der Waals surface area contributed by atoms with Crippen molar-refractivity contribution in [1.82, 2.24) is 0 Å². The van der Waals surface area contributed by atoms with E-state index < -0.39 is 0 Å². The highest BCUT2D eigenvalue weighted by atomic mass is 15.1. The van der Waals surface area contributed by atoms with E-state index in [1.54, 1.807) is 0 Å². The minimum atomic E-state index is -0.167. The molecule has 9 aromatic carbocycles. The average Bonchev–Trinajstić information content (AvgIpc) is 3.62. The van der Waals surface area contributed by atoms with Crippen LogP contribution in [0, 0.1) is 0 Å². The van der Waals surface area contributed by atoms with Gasteiger partial charge in [-0.1, -0.05) is 167 Å². The topological polar surface area (TPSA) is 3.24 Å². The molecule has 0 fully saturated rings. The molecule has 0 N–H and O–H groups in total. The fourth-order valence-electron chi connectivity index (χ4n) is 10.0. The fraction of sp³-hybridized carbons (Fsp3) is 0.107. The minimum absolute atomic E-state index is 0.105. The molecule has 0 bridgehead atoms. The van der Waals surface area contributed by atoms with E-state index in [1.165, 1.54) is 88.3 Å². The molecule has 0 saturated carbocycles. The molecule has 1 heteroatoms. The van der Waals surface area contributed by atoms with Gasteiger partial charge in [0.15, 0.2) is 0 Å². The summed E-state index contributed by atoms with van der Waals surface area (Å²) in [6.45, 7) is 9.51. The van der Waals surface area contributed by atoms with Crippen LogP contribution in [0.2, 0.25) is 0 Å². The summed E-state index contributed by atoms with van der Waals surface area (Å²) < 4.78 is 0. The van der Waals surface area contributed by atoms with Crippen molar-refractivity contribution in [3.63, 3.8) is 0 Å². The van der Waals surface area contributed by atoms with Crippen LogP contribution >= 0.6 is 0 Å². The second kappa shape index (κ2) is 12.4. The molecule has 272 valence electrons. The Labute approximate surface area is 335 Å². The number of nitrogens with zero attached hydrogens (tertiary/aromatic N) is 1. The largest absolute Gasteiger partial charge is 0.310 e. The van der Waals surface area contributed by atoms with Gasteiger partial charge in [-0.15, -0.1) is 0 Å². The Balaban J connectivity index is 1.06. The lowest BCUT2D eigenvalue weighted by Crippen LogP contribution is -2.18. The molecule has 0 unspecified atom stereocenters. The van der Waals surface area contributed by atoms with Crippen LogP contribution in [-0.2, 0) is 10.8 Å². The summed E-state index contributed by atoms with van der Waals surface area (Å²) in [5.74, 6) is 0. The first-order valence-electron chi connectivity index (χ1n) is 20.2. The molecule has 11 rings (SSSR count). The molecule has 0 saturated heterocycles. The van der Waals surface area contributed by atoms with Crippen LogP contribution in [0.4, 0.5) is 17.1 Å². The summed E-state index contributed by atoms with van der Waals surface area (Å²) in [6.07, 6.45) is 0. The lowest BCUT2D eigenvalue weighted by Gasteiger charge is -2.30. The molecule has 57 heavy (non-hydrogen) atoms. The first-order chi connectivity index (χ1) is 27.8. The van der Waals surface area contributed by atoms with E-state index in [1.807, 2.05) is 0 Å². The lowest BCUT2D eigenvalue weighted by atomic mass is 9.81. The molecule has 2 aliphatic carbocycles. The highest BCUT2D eigenvalue weighted by Gasteiger charge is 2.38. The Morgan fingerprint density at radius 3 is 1.49 bits per heavy atom. The zero-order valence-electron chi connectivity index (χ0n) is 32.8. The van der Waals surface area contributed by atoms with Gasteiger partial charge in [0, 0.05) is 27.9 Å². The van der Waals surface area contributed by atoms with Crippen LogP contribution in [0.5, 0.6) is 0 Å². The number of fused-ring (bicyclic) bond motifs is 9. The predicted molar refractivity (Wildman–Crippen MR) is 242 cm³/mol. The van der Waals surface area contributed by atoms with Crippen molar-refractivity contribution in [3.05, 3.63) is 210 Å². The first kappa shape index (κ1) is 33.6. The van der Waals surface area contributed by atoms with E-state index in [2.05, 4.69) is 221 Å². The van der Waals surface area contributed by atoms with Gasteiger partial charge in [0.25, 0.3) is 0 Å². The van der Waals surface area contributed by atoms with Crippen molar-refractivity contribution in [1.29, 1.82) is 0 Å². The molecular formula is C56H43N. The number of hydrogen-bond acceptors (Lipinski definition) is 1. The maximum Gasteiger partial charge on any atom is 0.0465 e. The van der Waals surface area contributed by atoms with Crippen LogP contribution < -0.4 is 4.90 Å². The summed E-state index contributed by atoms with van der Waals surface area (Å²) in [5.41, 5.74) is 19.0. The van der Waals surface area contributed by atoms with Gasteiger partial charge in [-0.25, -0.2) is 0 Å². The first-order valence-corrected chi connectivity index (χ1v) is 20.2. The Morgan fingerprint density at radius 1 is 0.298 bits per heavy atom. The van der Waals surface area contributed by atoms with Crippen molar-refractivity contribution >= 4 is 38.6 Å². The van der Waals surface area contributed by atoms with Gasteiger partial charge in [0.1, 0.15) is 0 Å². The third-order valence-corrected chi connectivity index (χ3v) is 13.1. The van der Waals surface area contributed by atoms with Crippen molar-refractivity contribution in [2.45, 2.75) is 38.5 Å². The number of rotatable bonds is 5. The third-order valence-electron chi connectivity index (χ3n) is 13.1. The van der Waals surface area contributed by atoms with E-state index in [0.717, 1.165) is 17.1 Å². The molecule has 1 nitrogen and oxygen atoms in total. The van der Waals surface area contributed by atoms with Crippen LogP contribution in [0.15, 0.2) is 188 Å². The van der Waals surface area contributed by atoms with Gasteiger partial charge in [-0.2, -0.15) is 0 Å². The second-order valence-electron chi connectivity index (χ2n) is 17.0. The SMILES string of the molecule is CC1(C)c2ccccc2-c2ccc(N(c3ccc(-c4cc5ccccc5c5ccccc45)cc3)c3ccc4c(c3)C(C)(C)c3cc(-c5ccccc5)ccc3-4)cc21. The zero-order chi connectivity index (χ0) is 38.5. The normalized spacial score (nSPS) is 14.2. The van der Waals surface area contributed by atoms with E-state index in [9.17, 15) is 0 Å². The number of hydrogen-bond donors (Lipinski definition) is 0. The predicted octanol–water partition coefficient (Wildman–Crippen LogP) is 15.4. The van der Waals surface area contributed by atoms with Crippen molar-refractivity contribution in [2.75, 3.05) is 4.90 Å². The van der Waals surface area contributed by atoms with Gasteiger partial charge >= 0.3 is 0 Å². The van der Waals surface area contributed by atoms with Gasteiger partial charge in [0.2, 0.25) is 0 Å². The zero-order valence-corrected chi connectivity index (χ0v) is 32.8. The van der Waals surface area contributed by atoms with Crippen LogP contribution in [0.3, 0.4) is 0 Å². The molecule has 0 heterocycles. The van der Waals surface area contributed by atoms with E-state index in [0.29, 0.717) is 0 Å². The van der Waals surface area contributed by atoms with Crippen molar-refractivity contribution < 1.29 is 0 Å². The maximum absolute atomic E-state index is 2.47. The van der Waals surface area contributed by atoms with Gasteiger partial charge in [-0.05, 0) is 137 Å². The van der Waals surface area contributed by atoms with Crippen LogP contribution in [0.1, 0.15) is 49.9 Å². The van der Waals surface area contributed by atoms with E-state index in [-0.39, 0.29) is 10.8 Å². The van der Waals surface area contributed by atoms with Crippen molar-refractivity contribution in [2.24, 2.45) is 0 Å². The Morgan fingerprint density at radius 2 is 0.789 bits per heavy atom. The highest BCUT2D eigenvalue weighted by molar-refractivity contribution is 6.13. The molecule has 2 aliphatic rings. The van der Waals surface area contributed by atoms with Gasteiger partial charge in [-0.3, -0.25) is 0 Å². The highest BCUT2D eigenvalue weighted by Crippen LogP contribution is 2.53. The Bertz CT molecular complexity index is 3060. The van der Waals surface area contributed by atoms with E-state index >= 15 is 0 Å². The standard InChI is InChI=1S/C56H43N/c1-55(2)51-21-13-12-20-46(51)48-30-27-41(34-53(48)55)57(40-25-22-37(23-26-40)50-32-39-16-8-9-17-43(39)44-18-10-11-19-45(44)50)42-28-31-49-47-29-24-38(36-14-6-5-7-15-36)33-52(47)56(3,4)54(49)35-42/h5-35H,1-4H3. The molecule has 0 aliphatic heterocycles. The van der Waals surface area contributed by atoms with E-state index in [4.69, 9.17) is 0 Å². The quantitative estimate of drug-likeness (QED) is 0.159. The van der Waals surface area contributed by atoms with Gasteiger partial charge < -0.3 is 4.90 Å². The molecule has 0 aromatic heterocycles. The smallest absolute Gasteiger partial charge is 0.0465 e. The summed E-state index contributed by atoms with van der Waals surface area (Å²) >= 11 is 0. The average molecular weight is 730 g/mol. The minimum Gasteiger partial charge on any atom is -0.310 e. The monoisotopic (exact) mass is 729 g/mol. The number of anilines is 3. The molecule has 0 spiro atoms. The van der Waals surface area contributed by atoms with Gasteiger partial charge in [0.05, 0.1) is 0 Å². The molecular weight excluding hydrogens is 687 g/mol. The molecule has 9 aromatic rings. The Kier molecular flexibility index (Phi) is 7.32. The maximum atomic E-state index is 2.47. The van der Waals surface area contributed by atoms with Crippen LogP contribution in [0.25, 0.3) is 66.1 Å². The van der Waals surface area contributed by atoms with Crippen LogP contribution in [-0.4, -0.2) is 0 Å². The summed E-state index contributed by atoms with van der Waals surface area (Å²) in [6, 6.07) is 70.1. The summed E-state index contributed by atoms with van der Waals surface area (Å²) in [4.78, 5) is 2.47. The number of benzene rings is 9. The summed E-state index contributed by atoms with van der Waals surface area (Å²) in [7, 11) is 0. The molecule has 0 radical (unpaired) electrons. The van der Waals surface area contributed by atoms with Crippen molar-refractivity contribution in [3.8, 4) is 44.5 Å². The Hall–Kier alpha value is -6.70. The fourth-order valence-corrected chi connectivity index (χ4v) is 10.0. The third kappa shape index (κ3) is 5.08. The molecule has 0 atom stereocenters. The second-order valence-corrected chi connectivity index (χ2v) is 17.0. The lowest BCUT2D eigenvalue weighted by molar-refractivity contribution is 0.660.